The normalized spacial score (nSPS) is 19.1. The number of piperidine rings is 1. The van der Waals surface area contributed by atoms with Crippen LogP contribution in [-0.2, 0) is 6.54 Å². The number of benzene rings is 1. The van der Waals surface area contributed by atoms with Gasteiger partial charge in [-0.3, -0.25) is 0 Å². The van der Waals surface area contributed by atoms with Crippen molar-refractivity contribution in [1.29, 1.82) is 0 Å². The molecule has 2 rings (SSSR count). The van der Waals surface area contributed by atoms with E-state index in [0.717, 1.165) is 11.0 Å². The van der Waals surface area contributed by atoms with E-state index in [1.807, 2.05) is 0 Å². The highest BCUT2D eigenvalue weighted by atomic mass is 79.9. The van der Waals surface area contributed by atoms with E-state index in [2.05, 4.69) is 64.4 Å². The molecule has 1 saturated heterocycles. The average molecular weight is 311 g/mol. The fourth-order valence-electron chi connectivity index (χ4n) is 2.80. The zero-order chi connectivity index (χ0) is 13.0. The monoisotopic (exact) mass is 310 g/mol. The summed E-state index contributed by atoms with van der Waals surface area (Å²) in [4.78, 5) is 2.45. The van der Waals surface area contributed by atoms with Gasteiger partial charge in [-0.05, 0) is 56.1 Å². The minimum absolute atomic E-state index is 0.482. The molecule has 3 heteroatoms. The Bertz CT molecular complexity index is 369. The minimum Gasteiger partial charge on any atom is -0.317 e. The van der Waals surface area contributed by atoms with Crippen LogP contribution in [0, 0.1) is 5.41 Å². The Kier molecular flexibility index (Phi) is 4.82. The lowest BCUT2D eigenvalue weighted by atomic mass is 9.80. The van der Waals surface area contributed by atoms with Crippen LogP contribution in [0.25, 0.3) is 0 Å². The molecule has 1 N–H and O–H groups in total. The lowest BCUT2D eigenvalue weighted by molar-refractivity contribution is 0.143. The standard InChI is InChI=1S/C15H23BrN2/c1-15(7-9-17-10-8-15)12-18(2)11-13-3-5-14(16)6-4-13/h3-6,17H,7-12H2,1-2H3. The average Bonchev–Trinajstić information content (AvgIpc) is 2.32. The Hall–Kier alpha value is -0.380. The Morgan fingerprint density at radius 1 is 1.22 bits per heavy atom. The summed E-state index contributed by atoms with van der Waals surface area (Å²) in [7, 11) is 2.23. The van der Waals surface area contributed by atoms with E-state index >= 15 is 0 Å². The van der Waals surface area contributed by atoms with Gasteiger partial charge < -0.3 is 10.2 Å². The summed E-state index contributed by atoms with van der Waals surface area (Å²) in [6.45, 7) is 6.98. The van der Waals surface area contributed by atoms with Gasteiger partial charge in [0.1, 0.15) is 0 Å². The molecule has 0 radical (unpaired) electrons. The van der Waals surface area contributed by atoms with Crippen molar-refractivity contribution in [2.24, 2.45) is 5.41 Å². The molecular formula is C15H23BrN2. The maximum absolute atomic E-state index is 3.48. The maximum atomic E-state index is 3.48. The minimum atomic E-state index is 0.482. The Morgan fingerprint density at radius 3 is 2.44 bits per heavy atom. The lowest BCUT2D eigenvalue weighted by Crippen LogP contribution is -2.41. The Balaban J connectivity index is 1.87. The van der Waals surface area contributed by atoms with Crippen molar-refractivity contribution in [2.75, 3.05) is 26.7 Å². The molecule has 0 spiro atoms. The van der Waals surface area contributed by atoms with E-state index in [-0.39, 0.29) is 0 Å². The molecule has 18 heavy (non-hydrogen) atoms. The van der Waals surface area contributed by atoms with E-state index < -0.39 is 0 Å². The van der Waals surface area contributed by atoms with Gasteiger partial charge in [0.05, 0.1) is 0 Å². The molecule has 0 saturated carbocycles. The summed E-state index contributed by atoms with van der Waals surface area (Å²) in [5, 5.41) is 3.45. The summed E-state index contributed by atoms with van der Waals surface area (Å²) in [6.07, 6.45) is 2.58. The third-order valence-corrected chi connectivity index (χ3v) is 4.36. The summed E-state index contributed by atoms with van der Waals surface area (Å²) in [6, 6.07) is 8.64. The molecule has 1 aromatic rings. The molecule has 100 valence electrons. The lowest BCUT2D eigenvalue weighted by Gasteiger charge is -2.37. The van der Waals surface area contributed by atoms with Crippen LogP contribution in [0.1, 0.15) is 25.3 Å². The van der Waals surface area contributed by atoms with Crippen LogP contribution < -0.4 is 5.32 Å². The summed E-state index contributed by atoms with van der Waals surface area (Å²) >= 11 is 3.48. The topological polar surface area (TPSA) is 15.3 Å². The second kappa shape index (κ2) is 6.18. The van der Waals surface area contributed by atoms with Crippen molar-refractivity contribution < 1.29 is 0 Å². The Morgan fingerprint density at radius 2 is 1.83 bits per heavy atom. The first kappa shape index (κ1) is 14.0. The van der Waals surface area contributed by atoms with E-state index in [1.165, 1.54) is 38.0 Å². The molecule has 2 nitrogen and oxygen atoms in total. The number of rotatable bonds is 4. The molecule has 1 aromatic carbocycles. The molecule has 0 unspecified atom stereocenters. The molecule has 1 fully saturated rings. The largest absolute Gasteiger partial charge is 0.317 e. The van der Waals surface area contributed by atoms with E-state index in [9.17, 15) is 0 Å². The fraction of sp³-hybridized carbons (Fsp3) is 0.600. The number of nitrogens with zero attached hydrogens (tertiary/aromatic N) is 1. The predicted octanol–water partition coefficient (Wildman–Crippen LogP) is 3.27. The van der Waals surface area contributed by atoms with Gasteiger partial charge in [0.15, 0.2) is 0 Å². The van der Waals surface area contributed by atoms with E-state index in [1.54, 1.807) is 0 Å². The highest BCUT2D eigenvalue weighted by molar-refractivity contribution is 9.10. The smallest absolute Gasteiger partial charge is 0.0230 e. The van der Waals surface area contributed by atoms with Crippen LogP contribution in [0.4, 0.5) is 0 Å². The van der Waals surface area contributed by atoms with E-state index in [4.69, 9.17) is 0 Å². The molecular weight excluding hydrogens is 288 g/mol. The van der Waals surface area contributed by atoms with Crippen LogP contribution in [0.2, 0.25) is 0 Å². The number of halogens is 1. The third-order valence-electron chi connectivity index (χ3n) is 3.83. The molecule has 1 heterocycles. The highest BCUT2D eigenvalue weighted by Gasteiger charge is 2.27. The van der Waals surface area contributed by atoms with E-state index in [0.29, 0.717) is 5.41 Å². The van der Waals surface area contributed by atoms with Gasteiger partial charge >= 0.3 is 0 Å². The molecule has 0 aliphatic carbocycles. The molecule has 0 aromatic heterocycles. The van der Waals surface area contributed by atoms with Gasteiger partial charge in [-0.2, -0.15) is 0 Å². The number of hydrogen-bond donors (Lipinski definition) is 1. The Labute approximate surface area is 119 Å². The van der Waals surface area contributed by atoms with Crippen molar-refractivity contribution in [3.05, 3.63) is 34.3 Å². The van der Waals surface area contributed by atoms with Gasteiger partial charge in [-0.15, -0.1) is 0 Å². The maximum Gasteiger partial charge on any atom is 0.0230 e. The second-order valence-corrected chi connectivity index (χ2v) is 6.78. The molecule has 1 aliphatic heterocycles. The highest BCUT2D eigenvalue weighted by Crippen LogP contribution is 2.29. The summed E-state index contributed by atoms with van der Waals surface area (Å²) in [5.41, 5.74) is 1.87. The molecule has 0 bridgehead atoms. The van der Waals surface area contributed by atoms with Crippen molar-refractivity contribution in [3.8, 4) is 0 Å². The van der Waals surface area contributed by atoms with Gasteiger partial charge in [0.25, 0.3) is 0 Å². The van der Waals surface area contributed by atoms with Crippen LogP contribution in [0.5, 0.6) is 0 Å². The van der Waals surface area contributed by atoms with Crippen molar-refractivity contribution >= 4 is 15.9 Å². The van der Waals surface area contributed by atoms with Crippen molar-refractivity contribution in [1.82, 2.24) is 10.2 Å². The van der Waals surface area contributed by atoms with Crippen molar-refractivity contribution in [2.45, 2.75) is 26.3 Å². The molecule has 0 atom stereocenters. The van der Waals surface area contributed by atoms with Gasteiger partial charge in [-0.25, -0.2) is 0 Å². The van der Waals surface area contributed by atoms with Crippen LogP contribution in [-0.4, -0.2) is 31.6 Å². The fourth-order valence-corrected chi connectivity index (χ4v) is 3.06. The SMILES string of the molecule is CN(Cc1ccc(Br)cc1)CC1(C)CCNCC1. The third kappa shape index (κ3) is 4.08. The van der Waals surface area contributed by atoms with Gasteiger partial charge in [0.2, 0.25) is 0 Å². The zero-order valence-corrected chi connectivity index (χ0v) is 13.0. The quantitative estimate of drug-likeness (QED) is 0.918. The zero-order valence-electron chi connectivity index (χ0n) is 11.4. The predicted molar refractivity (Wildman–Crippen MR) is 80.7 cm³/mol. The first-order valence-electron chi connectivity index (χ1n) is 6.71. The number of hydrogen-bond acceptors (Lipinski definition) is 2. The van der Waals surface area contributed by atoms with Crippen LogP contribution in [0.15, 0.2) is 28.7 Å². The first-order valence-corrected chi connectivity index (χ1v) is 7.50. The molecule has 1 aliphatic rings. The van der Waals surface area contributed by atoms with Crippen molar-refractivity contribution in [3.63, 3.8) is 0 Å². The molecule has 0 amide bonds. The second-order valence-electron chi connectivity index (χ2n) is 5.86. The van der Waals surface area contributed by atoms with Crippen LogP contribution in [0.3, 0.4) is 0 Å². The van der Waals surface area contributed by atoms with Crippen LogP contribution >= 0.6 is 15.9 Å². The summed E-state index contributed by atoms with van der Waals surface area (Å²) in [5.74, 6) is 0. The number of nitrogens with one attached hydrogen (secondary N) is 1. The summed E-state index contributed by atoms with van der Waals surface area (Å²) < 4.78 is 1.15. The first-order chi connectivity index (χ1) is 8.57. The van der Waals surface area contributed by atoms with Gasteiger partial charge in [0, 0.05) is 17.6 Å². The van der Waals surface area contributed by atoms with Gasteiger partial charge in [-0.1, -0.05) is 35.0 Å².